The maximum absolute atomic E-state index is 13.4. The summed E-state index contributed by atoms with van der Waals surface area (Å²) in [5.41, 5.74) is 5.70. The predicted molar refractivity (Wildman–Crippen MR) is 151 cm³/mol. The van der Waals surface area contributed by atoms with Gasteiger partial charge < -0.3 is 24.4 Å². The maximum Gasteiger partial charge on any atom is 0.260 e. The Bertz CT molecular complexity index is 1500. The Morgan fingerprint density at radius 2 is 1.97 bits per heavy atom. The fraction of sp³-hybridized carbons (Fsp3) is 0.414. The lowest BCUT2D eigenvalue weighted by Gasteiger charge is -2.32. The third kappa shape index (κ3) is 5.31. The zero-order valence-corrected chi connectivity index (χ0v) is 23.3. The van der Waals surface area contributed by atoms with E-state index in [1.54, 1.807) is 17.8 Å². The molecule has 202 valence electrons. The normalized spacial score (nSPS) is 18.4. The van der Waals surface area contributed by atoms with Crippen LogP contribution in [0.25, 0.3) is 11.3 Å². The number of rotatable bonds is 9. The third-order valence-corrected chi connectivity index (χ3v) is 8.12. The summed E-state index contributed by atoms with van der Waals surface area (Å²) in [5, 5.41) is 3.50. The number of allylic oxidation sites excluding steroid dienone is 1. The quantitative estimate of drug-likeness (QED) is 0.494. The topological polar surface area (TPSA) is 83.9 Å². The standard InChI is InChI=1S/C29H36N4O4S/c1-31(2)13-7-15-37-25-9-6-5-8-20(25)17-33-18-21-16-22(19-38(4,35)36)23-11-14-32(3)29(34)27(23)28-26(21)24(33)10-12-30-28/h5-6,8-9,11,14,16,18,24,30H,7,10,12-13,15,17,19H2,1-4H3. The van der Waals surface area contributed by atoms with Gasteiger partial charge >= 0.3 is 0 Å². The predicted octanol–water partition coefficient (Wildman–Crippen LogP) is 2.63. The average Bonchev–Trinajstić information content (AvgIpc) is 3.13. The lowest BCUT2D eigenvalue weighted by Crippen LogP contribution is -2.38. The molecule has 3 aliphatic rings. The van der Waals surface area contributed by atoms with Crippen molar-refractivity contribution in [2.24, 2.45) is 7.05 Å². The highest BCUT2D eigenvalue weighted by Crippen LogP contribution is 2.43. The highest BCUT2D eigenvalue weighted by molar-refractivity contribution is 7.91. The van der Waals surface area contributed by atoms with E-state index >= 15 is 0 Å². The van der Waals surface area contributed by atoms with Crippen LogP contribution in [-0.2, 0) is 23.4 Å². The number of sulfone groups is 1. The SMILES string of the molecule is CN(C)CCCOc1ccccc1CN1C=C2C=C(CS(C)(=O)=O)c3ccn(C)c(=O)c3C3=C2C1CCN3. The number of fused-ring (bicyclic) bond motifs is 2. The number of nitrogens with one attached hydrogen (secondary N) is 1. The van der Waals surface area contributed by atoms with Crippen molar-refractivity contribution in [2.75, 3.05) is 45.8 Å². The van der Waals surface area contributed by atoms with E-state index in [1.807, 2.05) is 30.3 Å². The first-order chi connectivity index (χ1) is 18.1. The van der Waals surface area contributed by atoms with Crippen LogP contribution in [-0.4, -0.2) is 74.6 Å². The minimum atomic E-state index is -3.32. The molecule has 38 heavy (non-hydrogen) atoms. The Labute approximate surface area is 224 Å². The third-order valence-electron chi connectivity index (χ3n) is 7.28. The second-order valence-electron chi connectivity index (χ2n) is 10.6. The van der Waals surface area contributed by atoms with E-state index in [0.29, 0.717) is 29.9 Å². The summed E-state index contributed by atoms with van der Waals surface area (Å²) in [5.74, 6) is 0.756. The number of aromatic nitrogens is 1. The average molecular weight is 537 g/mol. The van der Waals surface area contributed by atoms with Crippen LogP contribution in [0.5, 0.6) is 5.75 Å². The molecule has 5 rings (SSSR count). The van der Waals surface area contributed by atoms with E-state index in [-0.39, 0.29) is 17.4 Å². The van der Waals surface area contributed by atoms with Crippen LogP contribution in [0.1, 0.15) is 29.5 Å². The number of hydrogen-bond donors (Lipinski definition) is 1. The van der Waals surface area contributed by atoms with Crippen molar-refractivity contribution >= 4 is 21.1 Å². The van der Waals surface area contributed by atoms with Crippen molar-refractivity contribution in [3.8, 4) is 5.75 Å². The van der Waals surface area contributed by atoms with Gasteiger partial charge in [-0.3, -0.25) is 4.79 Å². The highest BCUT2D eigenvalue weighted by Gasteiger charge is 2.38. The van der Waals surface area contributed by atoms with Crippen LogP contribution in [0.2, 0.25) is 0 Å². The lowest BCUT2D eigenvalue weighted by atomic mass is 9.92. The van der Waals surface area contributed by atoms with Gasteiger partial charge in [-0.1, -0.05) is 18.2 Å². The van der Waals surface area contributed by atoms with Gasteiger partial charge in [0.25, 0.3) is 5.56 Å². The molecule has 8 nitrogen and oxygen atoms in total. The summed E-state index contributed by atoms with van der Waals surface area (Å²) in [7, 11) is 2.53. The fourth-order valence-electron chi connectivity index (χ4n) is 5.58. The van der Waals surface area contributed by atoms with Gasteiger partial charge in [-0.25, -0.2) is 8.42 Å². The molecule has 1 aliphatic carbocycles. The zero-order chi connectivity index (χ0) is 27.0. The van der Waals surface area contributed by atoms with Gasteiger partial charge in [0.1, 0.15) is 5.75 Å². The van der Waals surface area contributed by atoms with Crippen molar-refractivity contribution < 1.29 is 13.2 Å². The van der Waals surface area contributed by atoms with E-state index < -0.39 is 9.84 Å². The van der Waals surface area contributed by atoms with E-state index in [0.717, 1.165) is 54.1 Å². The number of ether oxygens (including phenoxy) is 1. The summed E-state index contributed by atoms with van der Waals surface area (Å²) < 4.78 is 32.5. The largest absolute Gasteiger partial charge is 0.493 e. The van der Waals surface area contributed by atoms with E-state index in [4.69, 9.17) is 4.74 Å². The Morgan fingerprint density at radius 3 is 2.74 bits per heavy atom. The molecular formula is C29H36N4O4S. The molecule has 0 fully saturated rings. The number of benzene rings is 1. The Hall–Kier alpha value is -3.30. The van der Waals surface area contributed by atoms with Crippen LogP contribution < -0.4 is 15.6 Å². The van der Waals surface area contributed by atoms with Gasteiger partial charge in [0, 0.05) is 56.5 Å². The van der Waals surface area contributed by atoms with Crippen molar-refractivity contribution in [1.29, 1.82) is 0 Å². The number of aryl methyl sites for hydroxylation is 1. The minimum absolute atomic E-state index is 0.0784. The molecule has 2 aromatic rings. The first-order valence-electron chi connectivity index (χ1n) is 13.0. The Morgan fingerprint density at radius 1 is 1.18 bits per heavy atom. The fourth-order valence-corrected chi connectivity index (χ4v) is 6.38. The van der Waals surface area contributed by atoms with E-state index in [2.05, 4.69) is 41.5 Å². The Kier molecular flexibility index (Phi) is 7.24. The summed E-state index contributed by atoms with van der Waals surface area (Å²) in [6.45, 7) is 3.00. The van der Waals surface area contributed by atoms with Crippen molar-refractivity contribution in [3.05, 3.63) is 87.0 Å². The molecule has 0 amide bonds. The molecule has 1 aromatic heterocycles. The van der Waals surface area contributed by atoms with Crippen LogP contribution >= 0.6 is 0 Å². The molecule has 1 atom stereocenters. The van der Waals surface area contributed by atoms with Gasteiger partial charge in [0.2, 0.25) is 0 Å². The molecule has 0 saturated carbocycles. The van der Waals surface area contributed by atoms with E-state index in [1.165, 1.54) is 6.26 Å². The first kappa shape index (κ1) is 26.3. The molecule has 1 N–H and O–H groups in total. The molecule has 2 aliphatic heterocycles. The van der Waals surface area contributed by atoms with Gasteiger partial charge in [-0.15, -0.1) is 0 Å². The molecule has 0 bridgehead atoms. The van der Waals surface area contributed by atoms with Gasteiger partial charge in [0.15, 0.2) is 9.84 Å². The summed E-state index contributed by atoms with van der Waals surface area (Å²) in [4.78, 5) is 17.9. The molecule has 9 heteroatoms. The second kappa shape index (κ2) is 10.5. The van der Waals surface area contributed by atoms with Crippen LogP contribution in [0, 0.1) is 0 Å². The summed E-state index contributed by atoms with van der Waals surface area (Å²) >= 11 is 0. The number of para-hydroxylation sites is 1. The monoisotopic (exact) mass is 536 g/mol. The van der Waals surface area contributed by atoms with Crippen molar-refractivity contribution in [1.82, 2.24) is 19.7 Å². The van der Waals surface area contributed by atoms with E-state index in [9.17, 15) is 13.2 Å². The van der Waals surface area contributed by atoms with Gasteiger partial charge in [-0.2, -0.15) is 0 Å². The van der Waals surface area contributed by atoms with Gasteiger partial charge in [0.05, 0.1) is 29.7 Å². The molecule has 0 radical (unpaired) electrons. The summed E-state index contributed by atoms with van der Waals surface area (Å²) in [6.07, 6.45) is 8.85. The minimum Gasteiger partial charge on any atom is -0.493 e. The lowest BCUT2D eigenvalue weighted by molar-refractivity contribution is 0.266. The smallest absolute Gasteiger partial charge is 0.260 e. The molecular weight excluding hydrogens is 500 g/mol. The van der Waals surface area contributed by atoms with Crippen LogP contribution in [0.3, 0.4) is 0 Å². The number of nitrogens with zero attached hydrogens (tertiary/aromatic N) is 3. The highest BCUT2D eigenvalue weighted by atomic mass is 32.2. The van der Waals surface area contributed by atoms with Crippen molar-refractivity contribution in [2.45, 2.75) is 25.4 Å². The summed E-state index contributed by atoms with van der Waals surface area (Å²) in [6, 6.07) is 10.1. The molecule has 3 heterocycles. The van der Waals surface area contributed by atoms with Crippen LogP contribution in [0.4, 0.5) is 0 Å². The van der Waals surface area contributed by atoms with Crippen molar-refractivity contribution in [3.63, 3.8) is 0 Å². The number of hydrogen-bond acceptors (Lipinski definition) is 7. The molecule has 1 aromatic carbocycles. The molecule has 0 spiro atoms. The second-order valence-corrected chi connectivity index (χ2v) is 12.8. The first-order valence-corrected chi connectivity index (χ1v) is 15.1. The van der Waals surface area contributed by atoms with Crippen LogP contribution in [0.15, 0.2) is 64.7 Å². The number of pyridine rings is 1. The molecule has 1 unspecified atom stereocenters. The Balaban J connectivity index is 1.53. The zero-order valence-electron chi connectivity index (χ0n) is 22.5. The van der Waals surface area contributed by atoms with Gasteiger partial charge in [-0.05, 0) is 61.9 Å². The maximum atomic E-state index is 13.4. The molecule has 0 saturated heterocycles.